The number of rotatable bonds is 0. The topological polar surface area (TPSA) is 29.1 Å². The van der Waals surface area contributed by atoms with Crippen molar-refractivity contribution in [1.82, 2.24) is 5.32 Å². The van der Waals surface area contributed by atoms with Gasteiger partial charge in [0.2, 0.25) is 5.91 Å². The molecule has 1 aliphatic rings. The highest BCUT2D eigenvalue weighted by atomic mass is 16.1. The van der Waals surface area contributed by atoms with Gasteiger partial charge in [-0.2, -0.15) is 0 Å². The summed E-state index contributed by atoms with van der Waals surface area (Å²) in [5.41, 5.74) is 0. The molecule has 0 radical (unpaired) electrons. The lowest BCUT2D eigenvalue weighted by Crippen LogP contribution is -2.18. The van der Waals surface area contributed by atoms with Crippen molar-refractivity contribution in [2.24, 2.45) is 0 Å². The van der Waals surface area contributed by atoms with Crippen LogP contribution in [0.2, 0.25) is 0 Å². The number of hydrogen-bond donors (Lipinski definition) is 1. The monoisotopic (exact) mass is 127 g/mol. The second kappa shape index (κ2) is 5.35. The van der Waals surface area contributed by atoms with Gasteiger partial charge in [-0.3, -0.25) is 4.79 Å². The molecule has 52 valence electrons. The first kappa shape index (κ1) is 8.21. The molecular formula is C7H13NO. The van der Waals surface area contributed by atoms with Gasteiger partial charge in [-0.25, -0.2) is 0 Å². The highest BCUT2D eigenvalue weighted by molar-refractivity contribution is 5.77. The summed E-state index contributed by atoms with van der Waals surface area (Å²) in [5, 5.41) is 2.56. The Labute approximate surface area is 56.0 Å². The van der Waals surface area contributed by atoms with Crippen molar-refractivity contribution in [3.05, 3.63) is 12.3 Å². The molecule has 1 N–H and O–H groups in total. The van der Waals surface area contributed by atoms with Crippen LogP contribution in [0.3, 0.4) is 0 Å². The second-order valence-corrected chi connectivity index (χ2v) is 1.51. The molecule has 0 spiro atoms. The average Bonchev–Trinajstić information content (AvgIpc) is 1.94. The molecule has 2 heteroatoms. The van der Waals surface area contributed by atoms with E-state index in [-0.39, 0.29) is 5.91 Å². The highest BCUT2D eigenvalue weighted by Gasteiger charge is 1.98. The summed E-state index contributed by atoms with van der Waals surface area (Å²) in [7, 11) is 0. The molecule has 2 nitrogen and oxygen atoms in total. The first-order chi connectivity index (χ1) is 4.39. The summed E-state index contributed by atoms with van der Waals surface area (Å²) >= 11 is 0. The molecule has 0 atom stereocenters. The van der Waals surface area contributed by atoms with E-state index in [0.29, 0.717) is 6.42 Å². The number of amides is 1. The maximum absolute atomic E-state index is 10.3. The van der Waals surface area contributed by atoms with Crippen molar-refractivity contribution in [3.63, 3.8) is 0 Å². The normalized spacial score (nSPS) is 15.6. The van der Waals surface area contributed by atoms with Crippen LogP contribution in [0.15, 0.2) is 12.3 Å². The van der Waals surface area contributed by atoms with Gasteiger partial charge in [0.25, 0.3) is 0 Å². The number of carbonyl (C=O) groups is 1. The zero-order valence-electron chi connectivity index (χ0n) is 5.98. The average molecular weight is 127 g/mol. The van der Waals surface area contributed by atoms with Crippen molar-refractivity contribution in [3.8, 4) is 0 Å². The van der Waals surface area contributed by atoms with E-state index in [1.165, 1.54) is 0 Å². The Balaban J connectivity index is 0.000000291. The van der Waals surface area contributed by atoms with Gasteiger partial charge in [-0.15, -0.1) is 0 Å². The van der Waals surface area contributed by atoms with Gasteiger partial charge in [-0.1, -0.05) is 19.9 Å². The molecule has 0 unspecified atom stereocenters. The minimum atomic E-state index is 0.127. The fourth-order valence-electron chi connectivity index (χ4n) is 0.522. The second-order valence-electron chi connectivity index (χ2n) is 1.51. The van der Waals surface area contributed by atoms with E-state index in [0.717, 1.165) is 6.42 Å². The quantitative estimate of drug-likeness (QED) is 0.524. The van der Waals surface area contributed by atoms with Crippen LogP contribution in [0.1, 0.15) is 26.7 Å². The predicted molar refractivity (Wildman–Crippen MR) is 37.9 cm³/mol. The summed E-state index contributed by atoms with van der Waals surface area (Å²) in [6.07, 6.45) is 5.18. The van der Waals surface area contributed by atoms with Crippen LogP contribution in [0.5, 0.6) is 0 Å². The van der Waals surface area contributed by atoms with Crippen LogP contribution in [0.4, 0.5) is 0 Å². The van der Waals surface area contributed by atoms with Crippen molar-refractivity contribution < 1.29 is 4.79 Å². The number of allylic oxidation sites excluding steroid dienone is 1. The molecule has 0 fully saturated rings. The van der Waals surface area contributed by atoms with Gasteiger partial charge < -0.3 is 5.32 Å². The summed E-state index contributed by atoms with van der Waals surface area (Å²) < 4.78 is 0. The summed E-state index contributed by atoms with van der Waals surface area (Å²) in [5.74, 6) is 0.127. The van der Waals surface area contributed by atoms with Gasteiger partial charge in [0.15, 0.2) is 0 Å². The minimum absolute atomic E-state index is 0.127. The maximum Gasteiger partial charge on any atom is 0.224 e. The fourth-order valence-corrected chi connectivity index (χ4v) is 0.522. The molecule has 1 amide bonds. The summed E-state index contributed by atoms with van der Waals surface area (Å²) in [6.45, 7) is 4.00. The molecule has 1 rings (SSSR count). The predicted octanol–water partition coefficient (Wildman–Crippen LogP) is 1.44. The van der Waals surface area contributed by atoms with E-state index < -0.39 is 0 Å². The van der Waals surface area contributed by atoms with Crippen LogP contribution in [-0.2, 0) is 4.79 Å². The molecule has 9 heavy (non-hydrogen) atoms. The van der Waals surface area contributed by atoms with E-state index in [9.17, 15) is 4.79 Å². The Kier molecular flexibility index (Phi) is 4.88. The first-order valence-corrected chi connectivity index (χ1v) is 3.34. The SMILES string of the molecule is CC.O=C1CCC=CN1. The number of nitrogens with one attached hydrogen (secondary N) is 1. The number of hydrogen-bond acceptors (Lipinski definition) is 1. The molecule has 0 bridgehead atoms. The van der Waals surface area contributed by atoms with Gasteiger partial charge >= 0.3 is 0 Å². The lowest BCUT2D eigenvalue weighted by molar-refractivity contribution is -0.120. The highest BCUT2D eigenvalue weighted by Crippen LogP contribution is 1.94. The van der Waals surface area contributed by atoms with Gasteiger partial charge in [-0.05, 0) is 12.6 Å². The number of carbonyl (C=O) groups excluding carboxylic acids is 1. The summed E-state index contributed by atoms with van der Waals surface area (Å²) in [4.78, 5) is 10.3. The molecule has 0 saturated heterocycles. The van der Waals surface area contributed by atoms with Crippen LogP contribution >= 0.6 is 0 Å². The van der Waals surface area contributed by atoms with Gasteiger partial charge in [0.05, 0.1) is 0 Å². The van der Waals surface area contributed by atoms with Gasteiger partial charge in [0, 0.05) is 6.42 Å². The van der Waals surface area contributed by atoms with Crippen LogP contribution in [-0.4, -0.2) is 5.91 Å². The van der Waals surface area contributed by atoms with E-state index >= 15 is 0 Å². The molecule has 1 aliphatic heterocycles. The van der Waals surface area contributed by atoms with Crippen LogP contribution in [0, 0.1) is 0 Å². The van der Waals surface area contributed by atoms with Crippen molar-refractivity contribution in [1.29, 1.82) is 0 Å². The van der Waals surface area contributed by atoms with Crippen molar-refractivity contribution in [2.75, 3.05) is 0 Å². The third kappa shape index (κ3) is 3.76. The molecular weight excluding hydrogens is 114 g/mol. The molecule has 0 saturated carbocycles. The zero-order chi connectivity index (χ0) is 7.11. The molecule has 0 aliphatic carbocycles. The lowest BCUT2D eigenvalue weighted by Gasteiger charge is -2.00. The Morgan fingerprint density at radius 2 is 2.22 bits per heavy atom. The van der Waals surface area contributed by atoms with E-state index in [2.05, 4.69) is 5.32 Å². The Morgan fingerprint density at radius 1 is 1.56 bits per heavy atom. The Morgan fingerprint density at radius 3 is 2.44 bits per heavy atom. The third-order valence-electron chi connectivity index (χ3n) is 0.900. The van der Waals surface area contributed by atoms with Crippen molar-refractivity contribution in [2.45, 2.75) is 26.7 Å². The zero-order valence-corrected chi connectivity index (χ0v) is 5.98. The fraction of sp³-hybridized carbons (Fsp3) is 0.571. The standard InChI is InChI=1S/C5H7NO.C2H6/c7-5-3-1-2-4-6-5;1-2/h2,4H,1,3H2,(H,6,7);1-2H3. The first-order valence-electron chi connectivity index (χ1n) is 3.34. The molecule has 0 aromatic heterocycles. The third-order valence-corrected chi connectivity index (χ3v) is 0.900. The largest absolute Gasteiger partial charge is 0.333 e. The van der Waals surface area contributed by atoms with Crippen LogP contribution in [0.25, 0.3) is 0 Å². The smallest absolute Gasteiger partial charge is 0.224 e. The maximum atomic E-state index is 10.3. The summed E-state index contributed by atoms with van der Waals surface area (Å²) in [6, 6.07) is 0. The van der Waals surface area contributed by atoms with Crippen molar-refractivity contribution >= 4 is 5.91 Å². The molecule has 0 aromatic rings. The Hall–Kier alpha value is -0.790. The molecule has 1 heterocycles. The van der Waals surface area contributed by atoms with Crippen LogP contribution < -0.4 is 5.32 Å². The molecule has 0 aromatic carbocycles. The Bertz CT molecular complexity index is 107. The van der Waals surface area contributed by atoms with E-state index in [1.54, 1.807) is 6.20 Å². The van der Waals surface area contributed by atoms with E-state index in [4.69, 9.17) is 0 Å². The lowest BCUT2D eigenvalue weighted by atomic mass is 10.2. The minimum Gasteiger partial charge on any atom is -0.333 e. The van der Waals surface area contributed by atoms with Gasteiger partial charge in [0.1, 0.15) is 0 Å². The van der Waals surface area contributed by atoms with E-state index in [1.807, 2.05) is 19.9 Å².